The third kappa shape index (κ3) is 3.72. The fraction of sp³-hybridized carbons (Fsp3) is 0.0526. The Labute approximate surface area is 132 Å². The van der Waals surface area contributed by atoms with Crippen LogP contribution in [0.3, 0.4) is 0 Å². The van der Waals surface area contributed by atoms with E-state index in [4.69, 9.17) is 0 Å². The molecule has 3 rings (SSSR count). The van der Waals surface area contributed by atoms with Crippen molar-refractivity contribution in [3.8, 4) is 11.1 Å². The van der Waals surface area contributed by atoms with E-state index in [1.54, 1.807) is 6.07 Å². The summed E-state index contributed by atoms with van der Waals surface area (Å²) in [6, 6.07) is 22.6. The van der Waals surface area contributed by atoms with Gasteiger partial charge in [0, 0.05) is 11.4 Å². The van der Waals surface area contributed by atoms with Gasteiger partial charge < -0.3 is 5.32 Å². The number of alkyl halides is 3. The summed E-state index contributed by atoms with van der Waals surface area (Å²) in [5, 5.41) is 3.00. The summed E-state index contributed by atoms with van der Waals surface area (Å²) < 4.78 is 38.2. The predicted molar refractivity (Wildman–Crippen MR) is 86.6 cm³/mol. The van der Waals surface area contributed by atoms with Gasteiger partial charge in [0.2, 0.25) is 0 Å². The summed E-state index contributed by atoms with van der Waals surface area (Å²) in [6.45, 7) is 0. The molecule has 3 aromatic carbocycles. The van der Waals surface area contributed by atoms with E-state index in [1.807, 2.05) is 54.6 Å². The maximum absolute atomic E-state index is 12.7. The highest BCUT2D eigenvalue weighted by atomic mass is 19.4. The summed E-state index contributed by atoms with van der Waals surface area (Å²) in [7, 11) is 0. The molecular weight excluding hydrogens is 299 g/mol. The first-order valence-corrected chi connectivity index (χ1v) is 7.12. The minimum atomic E-state index is -4.34. The van der Waals surface area contributed by atoms with Gasteiger partial charge in [0.15, 0.2) is 0 Å². The number of rotatable bonds is 3. The topological polar surface area (TPSA) is 12.0 Å². The molecule has 0 spiro atoms. The van der Waals surface area contributed by atoms with E-state index in [1.165, 1.54) is 6.07 Å². The zero-order valence-electron chi connectivity index (χ0n) is 12.1. The molecule has 0 aliphatic carbocycles. The van der Waals surface area contributed by atoms with Gasteiger partial charge in [-0.05, 0) is 41.5 Å². The van der Waals surface area contributed by atoms with E-state index in [-0.39, 0.29) is 0 Å². The van der Waals surface area contributed by atoms with Crippen LogP contribution < -0.4 is 5.32 Å². The molecule has 0 amide bonds. The number of benzene rings is 3. The van der Waals surface area contributed by atoms with Gasteiger partial charge in [0.25, 0.3) is 0 Å². The maximum atomic E-state index is 12.7. The minimum absolute atomic E-state index is 0.410. The van der Waals surface area contributed by atoms with Crippen molar-refractivity contribution in [1.82, 2.24) is 0 Å². The Balaban J connectivity index is 1.79. The van der Waals surface area contributed by atoms with Gasteiger partial charge in [-0.3, -0.25) is 0 Å². The highest BCUT2D eigenvalue weighted by Gasteiger charge is 2.30. The molecule has 1 N–H and O–H groups in total. The normalized spacial score (nSPS) is 11.3. The van der Waals surface area contributed by atoms with Crippen LogP contribution in [0.1, 0.15) is 5.56 Å². The monoisotopic (exact) mass is 313 g/mol. The summed E-state index contributed by atoms with van der Waals surface area (Å²) in [5.41, 5.74) is 2.64. The summed E-state index contributed by atoms with van der Waals surface area (Å²) >= 11 is 0. The number of hydrogen-bond acceptors (Lipinski definition) is 1. The molecule has 0 aromatic heterocycles. The van der Waals surface area contributed by atoms with Crippen molar-refractivity contribution in [2.75, 3.05) is 5.32 Å². The molecule has 0 saturated heterocycles. The van der Waals surface area contributed by atoms with Gasteiger partial charge in [-0.1, -0.05) is 48.5 Å². The molecule has 3 aromatic rings. The predicted octanol–water partition coefficient (Wildman–Crippen LogP) is 6.12. The number of halogens is 3. The van der Waals surface area contributed by atoms with Gasteiger partial charge in [0.05, 0.1) is 5.56 Å². The van der Waals surface area contributed by atoms with E-state index < -0.39 is 11.7 Å². The molecule has 0 heterocycles. The van der Waals surface area contributed by atoms with Crippen LogP contribution in [0, 0.1) is 0 Å². The lowest BCUT2D eigenvalue weighted by Crippen LogP contribution is -2.05. The van der Waals surface area contributed by atoms with E-state index in [0.717, 1.165) is 28.9 Å². The molecule has 116 valence electrons. The van der Waals surface area contributed by atoms with Gasteiger partial charge >= 0.3 is 6.18 Å². The molecule has 0 atom stereocenters. The smallest absolute Gasteiger partial charge is 0.356 e. The minimum Gasteiger partial charge on any atom is -0.356 e. The molecule has 0 saturated carbocycles. The molecule has 0 aliphatic heterocycles. The Morgan fingerprint density at radius 1 is 0.609 bits per heavy atom. The molecule has 1 nitrogen and oxygen atoms in total. The van der Waals surface area contributed by atoms with Crippen LogP contribution in [0.4, 0.5) is 24.5 Å². The molecule has 0 fully saturated rings. The van der Waals surface area contributed by atoms with Gasteiger partial charge in [-0.25, -0.2) is 0 Å². The second kappa shape index (κ2) is 6.16. The summed E-state index contributed by atoms with van der Waals surface area (Å²) in [5.74, 6) is 0. The van der Waals surface area contributed by atoms with E-state index in [0.29, 0.717) is 5.69 Å². The average molecular weight is 313 g/mol. The van der Waals surface area contributed by atoms with Crippen molar-refractivity contribution in [2.45, 2.75) is 6.18 Å². The average Bonchev–Trinajstić information content (AvgIpc) is 2.56. The van der Waals surface area contributed by atoms with Crippen molar-refractivity contribution in [1.29, 1.82) is 0 Å². The van der Waals surface area contributed by atoms with Crippen molar-refractivity contribution in [3.63, 3.8) is 0 Å². The van der Waals surface area contributed by atoms with E-state index in [2.05, 4.69) is 5.32 Å². The van der Waals surface area contributed by atoms with Crippen LogP contribution in [0.2, 0.25) is 0 Å². The molecule has 0 bridgehead atoms. The van der Waals surface area contributed by atoms with Gasteiger partial charge in [-0.2, -0.15) is 13.2 Å². The third-order valence-corrected chi connectivity index (χ3v) is 3.47. The first-order valence-electron chi connectivity index (χ1n) is 7.12. The van der Waals surface area contributed by atoms with Crippen LogP contribution in [0.15, 0.2) is 78.9 Å². The number of anilines is 2. The quantitative estimate of drug-likeness (QED) is 0.614. The van der Waals surface area contributed by atoms with Crippen molar-refractivity contribution in [3.05, 3.63) is 84.4 Å². The van der Waals surface area contributed by atoms with E-state index in [9.17, 15) is 13.2 Å². The number of nitrogens with one attached hydrogen (secondary N) is 1. The molecule has 0 unspecified atom stereocenters. The van der Waals surface area contributed by atoms with Gasteiger partial charge in [0.1, 0.15) is 0 Å². The third-order valence-electron chi connectivity index (χ3n) is 3.47. The fourth-order valence-corrected chi connectivity index (χ4v) is 2.32. The van der Waals surface area contributed by atoms with Crippen molar-refractivity contribution >= 4 is 11.4 Å². The zero-order valence-corrected chi connectivity index (χ0v) is 12.1. The lowest BCUT2D eigenvalue weighted by atomic mass is 10.1. The van der Waals surface area contributed by atoms with Crippen molar-refractivity contribution in [2.24, 2.45) is 0 Å². The Morgan fingerprint density at radius 2 is 1.26 bits per heavy atom. The van der Waals surface area contributed by atoms with Crippen LogP contribution in [0.5, 0.6) is 0 Å². The van der Waals surface area contributed by atoms with E-state index >= 15 is 0 Å². The molecule has 4 heteroatoms. The highest BCUT2D eigenvalue weighted by molar-refractivity contribution is 5.68. The molecule has 0 radical (unpaired) electrons. The van der Waals surface area contributed by atoms with Crippen LogP contribution >= 0.6 is 0 Å². The Kier molecular flexibility index (Phi) is 4.06. The lowest BCUT2D eigenvalue weighted by molar-refractivity contribution is -0.137. The van der Waals surface area contributed by atoms with Crippen LogP contribution in [-0.2, 0) is 6.18 Å². The fourth-order valence-electron chi connectivity index (χ4n) is 2.32. The molecule has 23 heavy (non-hydrogen) atoms. The zero-order chi connectivity index (χ0) is 16.3. The Hall–Kier alpha value is -2.75. The Morgan fingerprint density at radius 3 is 1.91 bits per heavy atom. The first-order chi connectivity index (χ1) is 11.0. The largest absolute Gasteiger partial charge is 0.416 e. The number of hydrogen-bond donors (Lipinski definition) is 1. The highest BCUT2D eigenvalue weighted by Crippen LogP contribution is 2.31. The summed E-state index contributed by atoms with van der Waals surface area (Å²) in [6.07, 6.45) is -4.34. The standard InChI is InChI=1S/C19H14F3N/c20-19(21,22)16-7-4-8-18(13-16)23-17-11-9-15(10-12-17)14-5-2-1-3-6-14/h1-13,23H. The Bertz CT molecular complexity index is 778. The first kappa shape index (κ1) is 15.2. The molecular formula is C19H14F3N. The lowest BCUT2D eigenvalue weighted by Gasteiger charge is -2.11. The second-order valence-electron chi connectivity index (χ2n) is 5.15. The SMILES string of the molecule is FC(F)(F)c1cccc(Nc2ccc(-c3ccccc3)cc2)c1. The summed E-state index contributed by atoms with van der Waals surface area (Å²) in [4.78, 5) is 0. The van der Waals surface area contributed by atoms with Gasteiger partial charge in [-0.15, -0.1) is 0 Å². The maximum Gasteiger partial charge on any atom is 0.416 e. The van der Waals surface area contributed by atoms with Crippen LogP contribution in [0.25, 0.3) is 11.1 Å². The molecule has 0 aliphatic rings. The van der Waals surface area contributed by atoms with Crippen molar-refractivity contribution < 1.29 is 13.2 Å². The van der Waals surface area contributed by atoms with Crippen LogP contribution in [-0.4, -0.2) is 0 Å². The second-order valence-corrected chi connectivity index (χ2v) is 5.15.